The van der Waals surface area contributed by atoms with E-state index in [-0.39, 0.29) is 5.97 Å². The lowest BCUT2D eigenvalue weighted by molar-refractivity contribution is -0.734. The summed E-state index contributed by atoms with van der Waals surface area (Å²) in [5, 5.41) is 3.91. The van der Waals surface area contributed by atoms with Crippen molar-refractivity contribution in [2.75, 3.05) is 7.11 Å². The van der Waals surface area contributed by atoms with Crippen LogP contribution in [0.3, 0.4) is 0 Å². The quantitative estimate of drug-likeness (QED) is 0.0538. The van der Waals surface area contributed by atoms with Crippen LogP contribution in [0.2, 0.25) is 0 Å². The molecule has 0 aliphatic carbocycles. The average Bonchev–Trinajstić information content (AvgIpc) is 3.63. The topological polar surface area (TPSA) is 47.1 Å². The Morgan fingerprint density at radius 2 is 1.00 bits per heavy atom. The van der Waals surface area contributed by atoms with Crippen molar-refractivity contribution in [1.29, 1.82) is 0 Å². The molecule has 0 bridgehead atoms. The molecule has 5 heteroatoms. The molecule has 1 N–H and O–H groups in total. The number of benzene rings is 6. The van der Waals surface area contributed by atoms with Gasteiger partial charge in [-0.15, -0.1) is 0 Å². The highest BCUT2D eigenvalue weighted by atomic mass is 16.5. The van der Waals surface area contributed by atoms with Gasteiger partial charge in [-0.25, -0.2) is 9.13 Å². The van der Waals surface area contributed by atoms with E-state index in [0.717, 1.165) is 39.1 Å². The maximum atomic E-state index is 14.1. The number of methoxy groups -OCH3 is 1. The average molecular weight is 695 g/mol. The molecule has 0 aliphatic heterocycles. The largest absolute Gasteiger partial charge is 0.468 e. The summed E-state index contributed by atoms with van der Waals surface area (Å²) in [4.78, 5) is 14.1. The number of ether oxygens (including phenoxy) is 1. The highest BCUT2D eigenvalue weighted by Gasteiger charge is 2.45. The molecule has 1 heterocycles. The molecule has 5 nitrogen and oxygen atoms in total. The van der Waals surface area contributed by atoms with Crippen molar-refractivity contribution >= 4 is 5.97 Å². The number of hydrogen-bond donors (Lipinski definition) is 1. The fraction of sp³-hybridized carbons (Fsp3) is 0.125. The summed E-state index contributed by atoms with van der Waals surface area (Å²) in [7, 11) is 1.46. The van der Waals surface area contributed by atoms with E-state index in [0.29, 0.717) is 13.0 Å². The minimum Gasteiger partial charge on any atom is -0.468 e. The Balaban J connectivity index is 1.43. The lowest BCUT2D eigenvalue weighted by Crippen LogP contribution is -2.57. The first-order valence-corrected chi connectivity index (χ1v) is 18.0. The summed E-state index contributed by atoms with van der Waals surface area (Å²) < 4.78 is 10.1. The van der Waals surface area contributed by atoms with Crippen molar-refractivity contribution in [3.05, 3.63) is 246 Å². The summed E-state index contributed by atoms with van der Waals surface area (Å²) in [6.45, 7) is 4.66. The number of aromatic nitrogens is 2. The summed E-state index contributed by atoms with van der Waals surface area (Å²) in [6.07, 6.45) is 6.57. The van der Waals surface area contributed by atoms with Crippen molar-refractivity contribution in [3.63, 3.8) is 0 Å². The molecule has 0 spiro atoms. The maximum Gasteiger partial charge on any atom is 0.323 e. The fourth-order valence-electron chi connectivity index (χ4n) is 7.76. The number of rotatable bonds is 14. The van der Waals surface area contributed by atoms with Crippen LogP contribution in [-0.2, 0) is 33.6 Å². The first-order valence-electron chi connectivity index (χ1n) is 18.0. The van der Waals surface area contributed by atoms with E-state index < -0.39 is 17.1 Å². The molecule has 6 aromatic carbocycles. The molecule has 7 rings (SSSR count). The molecule has 0 fully saturated rings. The van der Waals surface area contributed by atoms with Crippen LogP contribution in [0.25, 0.3) is 0 Å². The van der Waals surface area contributed by atoms with E-state index in [1.807, 2.05) is 78.9 Å². The van der Waals surface area contributed by atoms with Gasteiger partial charge in [-0.1, -0.05) is 195 Å². The third kappa shape index (κ3) is 6.75. The summed E-state index contributed by atoms with van der Waals surface area (Å²) in [5.41, 5.74) is 5.73. The minimum absolute atomic E-state index is 0.343. The van der Waals surface area contributed by atoms with Gasteiger partial charge in [0.1, 0.15) is 24.5 Å². The van der Waals surface area contributed by atoms with Gasteiger partial charge in [-0.2, -0.15) is 0 Å². The zero-order valence-electron chi connectivity index (χ0n) is 30.0. The van der Waals surface area contributed by atoms with Crippen LogP contribution in [-0.4, -0.2) is 23.7 Å². The van der Waals surface area contributed by atoms with E-state index in [1.54, 1.807) is 0 Å². The Kier molecular flexibility index (Phi) is 10.6. The van der Waals surface area contributed by atoms with Crippen LogP contribution >= 0.6 is 0 Å². The number of esters is 1. The van der Waals surface area contributed by atoms with Crippen molar-refractivity contribution in [2.24, 2.45) is 0 Å². The molecule has 7 aromatic rings. The normalized spacial score (nSPS) is 12.2. The maximum absolute atomic E-state index is 14.1. The van der Waals surface area contributed by atoms with E-state index >= 15 is 0 Å². The predicted octanol–water partition coefficient (Wildman–Crippen LogP) is 8.47. The minimum atomic E-state index is -0.879. The molecule has 53 heavy (non-hydrogen) atoms. The van der Waals surface area contributed by atoms with Crippen molar-refractivity contribution in [1.82, 2.24) is 9.88 Å². The Bertz CT molecular complexity index is 2030. The lowest BCUT2D eigenvalue weighted by atomic mass is 9.76. The molecule has 0 radical (unpaired) electrons. The molecule has 0 saturated heterocycles. The van der Waals surface area contributed by atoms with Gasteiger partial charge in [0.05, 0.1) is 12.6 Å². The molecule has 0 amide bonds. The van der Waals surface area contributed by atoms with Crippen molar-refractivity contribution in [3.8, 4) is 0 Å². The van der Waals surface area contributed by atoms with Gasteiger partial charge < -0.3 is 4.74 Å². The summed E-state index contributed by atoms with van der Waals surface area (Å²) in [6, 6.07) is 62.0. The second-order valence-corrected chi connectivity index (χ2v) is 13.2. The number of imidazole rings is 1. The van der Waals surface area contributed by atoms with E-state index in [4.69, 9.17) is 4.74 Å². The molecule has 0 aliphatic rings. The Hall–Kier alpha value is -6.30. The number of nitrogens with one attached hydrogen (secondary N) is 1. The van der Waals surface area contributed by atoms with Gasteiger partial charge in [-0.3, -0.25) is 10.1 Å². The first kappa shape index (κ1) is 35.1. The van der Waals surface area contributed by atoms with Gasteiger partial charge in [0.25, 0.3) is 0 Å². The van der Waals surface area contributed by atoms with Gasteiger partial charge in [0, 0.05) is 23.1 Å². The van der Waals surface area contributed by atoms with Crippen LogP contribution in [0.15, 0.2) is 207 Å². The van der Waals surface area contributed by atoms with Gasteiger partial charge >= 0.3 is 5.97 Å². The zero-order chi connectivity index (χ0) is 36.5. The number of carbonyl (C=O) groups excluding carboxylic acids is 1. The number of carbonyl (C=O) groups is 1. The molecule has 1 atom stereocenters. The predicted molar refractivity (Wildman–Crippen MR) is 211 cm³/mol. The van der Waals surface area contributed by atoms with Gasteiger partial charge in [0.2, 0.25) is 6.33 Å². The fourth-order valence-corrected chi connectivity index (χ4v) is 7.76. The Labute approximate surface area is 312 Å². The monoisotopic (exact) mass is 694 g/mol. The number of hydrogen-bond acceptors (Lipinski definition) is 3. The van der Waals surface area contributed by atoms with Crippen LogP contribution in [0.5, 0.6) is 0 Å². The molecular weight excluding hydrogens is 651 g/mol. The smallest absolute Gasteiger partial charge is 0.323 e. The van der Waals surface area contributed by atoms with Crippen molar-refractivity contribution < 1.29 is 14.1 Å². The molecule has 0 unspecified atom stereocenters. The third-order valence-corrected chi connectivity index (χ3v) is 10.1. The highest BCUT2D eigenvalue weighted by Crippen LogP contribution is 2.39. The summed E-state index contributed by atoms with van der Waals surface area (Å²) in [5.74, 6) is -0.351. The van der Waals surface area contributed by atoms with Crippen LogP contribution < -0.4 is 9.88 Å². The summed E-state index contributed by atoms with van der Waals surface area (Å²) >= 11 is 0. The number of nitrogens with zero attached hydrogens (tertiary/aromatic N) is 2. The number of allylic oxidation sites excluding steroid dienone is 1. The highest BCUT2D eigenvalue weighted by molar-refractivity contribution is 5.76. The zero-order valence-corrected chi connectivity index (χ0v) is 30.0. The van der Waals surface area contributed by atoms with Crippen molar-refractivity contribution in [2.45, 2.75) is 30.1 Å². The van der Waals surface area contributed by atoms with Crippen LogP contribution in [0, 0.1) is 0 Å². The van der Waals surface area contributed by atoms with Gasteiger partial charge in [0.15, 0.2) is 5.54 Å². The van der Waals surface area contributed by atoms with E-state index in [2.05, 4.69) is 143 Å². The Morgan fingerprint density at radius 1 is 0.642 bits per heavy atom. The molecule has 0 saturated carbocycles. The molecule has 262 valence electrons. The Morgan fingerprint density at radius 3 is 1.34 bits per heavy atom. The standard InChI is InChI=1S/C48H44N3O2/c1-3-34-50-37-51(48(41-28-16-7-17-29-41,42-30-18-8-19-31-42)43-32-20-9-21-33-43)36-44(50)35-45(46(52)53-2)49-47(38-22-10-4-11-23-38,39-24-12-5-13-25-39)40-26-14-6-15-27-40/h3-33,36-37,45,49H,1,34-35H2,2H3/q+1/t45-/m0/s1. The van der Waals surface area contributed by atoms with Gasteiger partial charge in [-0.05, 0) is 16.7 Å². The van der Waals surface area contributed by atoms with Crippen LogP contribution in [0.4, 0.5) is 0 Å². The first-order chi connectivity index (χ1) is 26.1. The second kappa shape index (κ2) is 15.9. The van der Waals surface area contributed by atoms with Crippen LogP contribution in [0.1, 0.15) is 39.1 Å². The third-order valence-electron chi connectivity index (χ3n) is 10.1. The second-order valence-electron chi connectivity index (χ2n) is 13.2. The van der Waals surface area contributed by atoms with E-state index in [9.17, 15) is 4.79 Å². The van der Waals surface area contributed by atoms with E-state index in [1.165, 1.54) is 7.11 Å². The SMILES string of the molecule is C=CCn1c[n+](C(c2ccccc2)(c2ccccc2)c2ccccc2)cc1C[C@H](NC(c1ccccc1)(c1ccccc1)c1ccccc1)C(=O)OC. The molecular formula is C48H44N3O2+. The lowest BCUT2D eigenvalue weighted by Gasteiger charge is -2.39. The molecule has 1 aromatic heterocycles.